The minimum atomic E-state index is 0.0172. The van der Waals surface area contributed by atoms with Gasteiger partial charge in [0.05, 0.1) is 10.2 Å². The second kappa shape index (κ2) is 7.81. The van der Waals surface area contributed by atoms with E-state index in [9.17, 15) is 4.79 Å². The molecule has 0 fully saturated rings. The van der Waals surface area contributed by atoms with Crippen LogP contribution in [0.3, 0.4) is 0 Å². The molecular weight excluding hydrogens is 336 g/mol. The Morgan fingerprint density at radius 2 is 1.96 bits per heavy atom. The van der Waals surface area contributed by atoms with Gasteiger partial charge in [-0.15, -0.1) is 11.8 Å². The number of benzene rings is 2. The van der Waals surface area contributed by atoms with E-state index in [0.29, 0.717) is 17.5 Å². The molecule has 0 bridgehead atoms. The number of amides is 1. The van der Waals surface area contributed by atoms with Crippen molar-refractivity contribution in [3.05, 3.63) is 54.1 Å². The maximum atomic E-state index is 12.1. The SMILES string of the molecule is CC(C)c1cccc2sc(NC(=O)CCSc3ccccc3)nc12. The van der Waals surface area contributed by atoms with Crippen molar-refractivity contribution in [2.75, 3.05) is 11.1 Å². The Morgan fingerprint density at radius 3 is 2.71 bits per heavy atom. The highest BCUT2D eigenvalue weighted by Gasteiger charge is 2.12. The van der Waals surface area contributed by atoms with Crippen LogP contribution in [0.2, 0.25) is 0 Å². The second-order valence-corrected chi connectivity index (χ2v) is 8.03. The van der Waals surface area contributed by atoms with E-state index in [-0.39, 0.29) is 5.91 Å². The van der Waals surface area contributed by atoms with Gasteiger partial charge in [-0.3, -0.25) is 4.79 Å². The van der Waals surface area contributed by atoms with Crippen LogP contribution in [-0.4, -0.2) is 16.6 Å². The van der Waals surface area contributed by atoms with Gasteiger partial charge in [-0.1, -0.05) is 55.5 Å². The van der Waals surface area contributed by atoms with Crippen molar-refractivity contribution in [2.24, 2.45) is 0 Å². The third-order valence-electron chi connectivity index (χ3n) is 3.66. The zero-order chi connectivity index (χ0) is 16.9. The fourth-order valence-electron chi connectivity index (χ4n) is 2.45. The quantitative estimate of drug-likeness (QED) is 0.590. The Morgan fingerprint density at radius 1 is 1.17 bits per heavy atom. The van der Waals surface area contributed by atoms with E-state index < -0.39 is 0 Å². The van der Waals surface area contributed by atoms with Crippen LogP contribution in [0.25, 0.3) is 10.2 Å². The zero-order valence-corrected chi connectivity index (χ0v) is 15.4. The number of carbonyl (C=O) groups excluding carboxylic acids is 1. The first kappa shape index (κ1) is 17.0. The van der Waals surface area contributed by atoms with Crippen molar-refractivity contribution in [1.82, 2.24) is 4.98 Å². The highest BCUT2D eigenvalue weighted by atomic mass is 32.2. The van der Waals surface area contributed by atoms with Crippen molar-refractivity contribution < 1.29 is 4.79 Å². The summed E-state index contributed by atoms with van der Waals surface area (Å²) in [5.74, 6) is 1.20. The smallest absolute Gasteiger partial charge is 0.226 e. The standard InChI is InChI=1S/C19H20N2OS2/c1-13(2)15-9-6-10-16-18(15)21-19(24-16)20-17(22)11-12-23-14-7-4-3-5-8-14/h3-10,13H,11-12H2,1-2H3,(H,20,21,22). The van der Waals surface area contributed by atoms with Crippen molar-refractivity contribution in [1.29, 1.82) is 0 Å². The number of carbonyl (C=O) groups is 1. The Kier molecular flexibility index (Phi) is 5.53. The van der Waals surface area contributed by atoms with Crippen LogP contribution >= 0.6 is 23.1 Å². The molecule has 124 valence electrons. The summed E-state index contributed by atoms with van der Waals surface area (Å²) in [6.07, 6.45) is 0.479. The van der Waals surface area contributed by atoms with Crippen LogP contribution < -0.4 is 5.32 Å². The molecule has 24 heavy (non-hydrogen) atoms. The molecule has 1 amide bonds. The molecule has 0 spiro atoms. The Balaban J connectivity index is 1.60. The number of rotatable bonds is 6. The summed E-state index contributed by atoms with van der Waals surface area (Å²) in [7, 11) is 0. The number of fused-ring (bicyclic) bond motifs is 1. The predicted molar refractivity (Wildman–Crippen MR) is 104 cm³/mol. The van der Waals surface area contributed by atoms with Gasteiger partial charge in [0, 0.05) is 17.1 Å². The zero-order valence-electron chi connectivity index (χ0n) is 13.8. The molecule has 0 saturated heterocycles. The highest BCUT2D eigenvalue weighted by Crippen LogP contribution is 2.31. The number of thioether (sulfide) groups is 1. The number of nitrogens with zero attached hydrogens (tertiary/aromatic N) is 1. The first-order valence-electron chi connectivity index (χ1n) is 8.00. The number of nitrogens with one attached hydrogen (secondary N) is 1. The molecule has 3 rings (SSSR count). The van der Waals surface area contributed by atoms with Gasteiger partial charge in [0.2, 0.25) is 5.91 Å². The molecule has 2 aromatic carbocycles. The molecule has 3 nitrogen and oxygen atoms in total. The summed E-state index contributed by atoms with van der Waals surface area (Å²) < 4.78 is 1.12. The molecule has 3 aromatic rings. The van der Waals surface area contributed by atoms with Crippen LogP contribution in [0.5, 0.6) is 0 Å². The number of hydrogen-bond acceptors (Lipinski definition) is 4. The molecule has 0 unspecified atom stereocenters. The third kappa shape index (κ3) is 4.16. The maximum absolute atomic E-state index is 12.1. The van der Waals surface area contributed by atoms with Gasteiger partial charge in [-0.25, -0.2) is 4.98 Å². The Bertz CT molecular complexity index is 828. The van der Waals surface area contributed by atoms with Crippen LogP contribution in [0.4, 0.5) is 5.13 Å². The van der Waals surface area contributed by atoms with Gasteiger partial charge in [0.25, 0.3) is 0 Å². The van der Waals surface area contributed by atoms with Gasteiger partial charge >= 0.3 is 0 Å². The highest BCUT2D eigenvalue weighted by molar-refractivity contribution is 7.99. The number of anilines is 1. The lowest BCUT2D eigenvalue weighted by molar-refractivity contribution is -0.115. The monoisotopic (exact) mass is 356 g/mol. The summed E-state index contributed by atoms with van der Waals surface area (Å²) in [5.41, 5.74) is 2.23. The van der Waals surface area contributed by atoms with Crippen LogP contribution in [0, 0.1) is 0 Å². The fourth-order valence-corrected chi connectivity index (χ4v) is 4.24. The van der Waals surface area contributed by atoms with Gasteiger partial charge in [0.1, 0.15) is 0 Å². The summed E-state index contributed by atoms with van der Waals surface area (Å²) >= 11 is 3.23. The average Bonchev–Trinajstić information content (AvgIpc) is 2.97. The van der Waals surface area contributed by atoms with Crippen molar-refractivity contribution >= 4 is 44.4 Å². The number of aromatic nitrogens is 1. The van der Waals surface area contributed by atoms with E-state index >= 15 is 0 Å². The number of para-hydroxylation sites is 1. The first-order valence-corrected chi connectivity index (χ1v) is 9.81. The molecule has 1 N–H and O–H groups in total. The lowest BCUT2D eigenvalue weighted by Gasteiger charge is -2.04. The van der Waals surface area contributed by atoms with Gasteiger partial charge in [-0.2, -0.15) is 0 Å². The fraction of sp³-hybridized carbons (Fsp3) is 0.263. The average molecular weight is 357 g/mol. The van der Waals surface area contributed by atoms with E-state index in [1.807, 2.05) is 18.2 Å². The van der Waals surface area contributed by atoms with Gasteiger partial charge < -0.3 is 5.32 Å². The summed E-state index contributed by atoms with van der Waals surface area (Å²) in [4.78, 5) is 17.9. The molecule has 1 heterocycles. The molecule has 0 atom stereocenters. The molecule has 0 radical (unpaired) electrons. The van der Waals surface area contributed by atoms with Gasteiger partial charge in [0.15, 0.2) is 5.13 Å². The largest absolute Gasteiger partial charge is 0.302 e. The minimum absolute atomic E-state index is 0.0172. The summed E-state index contributed by atoms with van der Waals surface area (Å²) in [5, 5.41) is 3.63. The summed E-state index contributed by atoms with van der Waals surface area (Å²) in [6, 6.07) is 16.3. The van der Waals surface area contributed by atoms with Crippen molar-refractivity contribution in [3.63, 3.8) is 0 Å². The van der Waals surface area contributed by atoms with E-state index in [4.69, 9.17) is 0 Å². The minimum Gasteiger partial charge on any atom is -0.302 e. The second-order valence-electron chi connectivity index (χ2n) is 5.83. The van der Waals surface area contributed by atoms with E-state index in [1.54, 1.807) is 11.8 Å². The van der Waals surface area contributed by atoms with Crippen molar-refractivity contribution in [2.45, 2.75) is 31.1 Å². The van der Waals surface area contributed by atoms with Crippen molar-refractivity contribution in [3.8, 4) is 0 Å². The Hall–Kier alpha value is -1.85. The normalized spacial score (nSPS) is 11.1. The summed E-state index contributed by atoms with van der Waals surface area (Å²) in [6.45, 7) is 4.32. The van der Waals surface area contributed by atoms with Crippen LogP contribution in [-0.2, 0) is 4.79 Å². The lowest BCUT2D eigenvalue weighted by atomic mass is 10.0. The molecule has 0 aliphatic heterocycles. The predicted octanol–water partition coefficient (Wildman–Crippen LogP) is 5.54. The topological polar surface area (TPSA) is 42.0 Å². The maximum Gasteiger partial charge on any atom is 0.226 e. The first-order chi connectivity index (χ1) is 11.6. The van der Waals surface area contributed by atoms with Crippen LogP contribution in [0.15, 0.2) is 53.4 Å². The van der Waals surface area contributed by atoms with E-state index in [0.717, 1.165) is 16.0 Å². The number of thiazole rings is 1. The molecular formula is C19H20N2OS2. The van der Waals surface area contributed by atoms with E-state index in [1.165, 1.54) is 21.8 Å². The Labute approximate surface area is 150 Å². The van der Waals surface area contributed by atoms with Crippen LogP contribution in [0.1, 0.15) is 31.7 Å². The third-order valence-corrected chi connectivity index (χ3v) is 5.61. The molecule has 5 heteroatoms. The van der Waals surface area contributed by atoms with Gasteiger partial charge in [-0.05, 0) is 29.7 Å². The lowest BCUT2D eigenvalue weighted by Crippen LogP contribution is -2.11. The number of hydrogen-bond donors (Lipinski definition) is 1. The molecule has 0 saturated carbocycles. The molecule has 0 aliphatic rings. The molecule has 1 aromatic heterocycles. The molecule has 0 aliphatic carbocycles. The van der Waals surface area contributed by atoms with E-state index in [2.05, 4.69) is 54.5 Å².